The van der Waals surface area contributed by atoms with Crippen LogP contribution in [-0.4, -0.2) is 20.7 Å². The van der Waals surface area contributed by atoms with Gasteiger partial charge in [0.05, 0.1) is 11.6 Å². The number of aromatic nitrogens is 2. The molecule has 114 valence electrons. The Hall–Kier alpha value is -2.53. The van der Waals surface area contributed by atoms with Gasteiger partial charge in [0.15, 0.2) is 0 Å². The SMILES string of the molecule is O=C(Nc1ccc(-n2ccnc2)cc1)C1Cc2ccccc2S1. The summed E-state index contributed by atoms with van der Waals surface area (Å²) in [6, 6.07) is 16.0. The topological polar surface area (TPSA) is 46.9 Å². The first kappa shape index (κ1) is 14.1. The third kappa shape index (κ3) is 2.87. The largest absolute Gasteiger partial charge is 0.325 e. The molecule has 2 heterocycles. The highest BCUT2D eigenvalue weighted by Gasteiger charge is 2.27. The maximum Gasteiger partial charge on any atom is 0.238 e. The minimum absolute atomic E-state index is 0.0549. The molecule has 0 spiro atoms. The lowest BCUT2D eigenvalue weighted by Crippen LogP contribution is -2.24. The van der Waals surface area contributed by atoms with Crippen LogP contribution in [-0.2, 0) is 11.2 Å². The van der Waals surface area contributed by atoms with Crippen molar-refractivity contribution in [1.82, 2.24) is 9.55 Å². The molecule has 1 amide bonds. The fourth-order valence-electron chi connectivity index (χ4n) is 2.68. The Morgan fingerprint density at radius 2 is 2.00 bits per heavy atom. The van der Waals surface area contributed by atoms with Crippen LogP contribution in [0.1, 0.15) is 5.56 Å². The standard InChI is InChI=1S/C18H15N3OS/c22-18(17-11-13-3-1-2-4-16(13)23-17)20-14-5-7-15(8-6-14)21-10-9-19-12-21/h1-10,12,17H,11H2,(H,20,22). The van der Waals surface area contributed by atoms with Crippen molar-refractivity contribution >= 4 is 23.4 Å². The molecule has 4 nitrogen and oxygen atoms in total. The summed E-state index contributed by atoms with van der Waals surface area (Å²) >= 11 is 1.64. The highest BCUT2D eigenvalue weighted by atomic mass is 32.2. The normalized spacial score (nSPS) is 16.1. The highest BCUT2D eigenvalue weighted by Crippen LogP contribution is 2.37. The maximum atomic E-state index is 12.4. The van der Waals surface area contributed by atoms with Gasteiger partial charge in [-0.15, -0.1) is 11.8 Å². The second-order valence-electron chi connectivity index (χ2n) is 5.42. The fraction of sp³-hybridized carbons (Fsp3) is 0.111. The van der Waals surface area contributed by atoms with E-state index in [1.54, 1.807) is 24.3 Å². The molecule has 5 heteroatoms. The molecule has 0 saturated heterocycles. The van der Waals surface area contributed by atoms with E-state index in [1.807, 2.05) is 47.2 Å². The molecule has 1 aliphatic heterocycles. The van der Waals surface area contributed by atoms with Crippen LogP contribution in [0.2, 0.25) is 0 Å². The Labute approximate surface area is 138 Å². The molecule has 0 bridgehead atoms. The maximum absolute atomic E-state index is 12.4. The van der Waals surface area contributed by atoms with Gasteiger partial charge in [-0.2, -0.15) is 0 Å². The minimum atomic E-state index is -0.0549. The number of fused-ring (bicyclic) bond motifs is 1. The van der Waals surface area contributed by atoms with Crippen molar-refractivity contribution in [3.05, 3.63) is 72.8 Å². The van der Waals surface area contributed by atoms with E-state index in [9.17, 15) is 4.79 Å². The molecule has 1 unspecified atom stereocenters. The molecule has 2 aromatic carbocycles. The number of benzene rings is 2. The van der Waals surface area contributed by atoms with Gasteiger partial charge in [-0.25, -0.2) is 4.98 Å². The number of thioether (sulfide) groups is 1. The van der Waals surface area contributed by atoms with E-state index >= 15 is 0 Å². The van der Waals surface area contributed by atoms with Crippen LogP contribution in [0.15, 0.2) is 72.1 Å². The predicted octanol–water partition coefficient (Wildman–Crippen LogP) is 3.53. The molecule has 0 saturated carbocycles. The number of nitrogens with one attached hydrogen (secondary N) is 1. The van der Waals surface area contributed by atoms with Crippen LogP contribution < -0.4 is 5.32 Å². The first-order chi connectivity index (χ1) is 11.3. The first-order valence-corrected chi connectivity index (χ1v) is 8.31. The Morgan fingerprint density at radius 1 is 1.17 bits per heavy atom. The molecular weight excluding hydrogens is 306 g/mol. The zero-order valence-corrected chi connectivity index (χ0v) is 13.2. The quantitative estimate of drug-likeness (QED) is 0.803. The Bertz CT molecular complexity index is 803. The number of rotatable bonds is 3. The molecule has 4 rings (SSSR count). The third-order valence-corrected chi connectivity index (χ3v) is 5.19. The van der Waals surface area contributed by atoms with E-state index in [0.29, 0.717) is 0 Å². The van der Waals surface area contributed by atoms with Crippen LogP contribution in [0.5, 0.6) is 0 Å². The van der Waals surface area contributed by atoms with Crippen LogP contribution >= 0.6 is 11.8 Å². The number of carbonyl (C=O) groups excluding carboxylic acids is 1. The Kier molecular flexibility index (Phi) is 3.63. The van der Waals surface area contributed by atoms with Gasteiger partial charge < -0.3 is 9.88 Å². The summed E-state index contributed by atoms with van der Waals surface area (Å²) in [5.41, 5.74) is 3.09. The molecule has 0 aliphatic carbocycles. The summed E-state index contributed by atoms with van der Waals surface area (Å²) in [5.74, 6) is 0.0570. The Morgan fingerprint density at radius 3 is 2.74 bits per heavy atom. The summed E-state index contributed by atoms with van der Waals surface area (Å²) < 4.78 is 1.93. The number of amides is 1. The van der Waals surface area contributed by atoms with E-state index in [4.69, 9.17) is 0 Å². The minimum Gasteiger partial charge on any atom is -0.325 e. The molecule has 0 fully saturated rings. The summed E-state index contributed by atoms with van der Waals surface area (Å²) in [6.07, 6.45) is 6.17. The number of anilines is 1. The number of imidazole rings is 1. The summed E-state index contributed by atoms with van der Waals surface area (Å²) in [4.78, 5) is 17.7. The Balaban J connectivity index is 1.44. The average molecular weight is 321 g/mol. The van der Waals surface area contributed by atoms with Gasteiger partial charge in [-0.05, 0) is 42.3 Å². The van der Waals surface area contributed by atoms with Crippen molar-refractivity contribution in [3.8, 4) is 5.69 Å². The van der Waals surface area contributed by atoms with Gasteiger partial charge >= 0.3 is 0 Å². The van der Waals surface area contributed by atoms with E-state index in [0.717, 1.165) is 17.8 Å². The smallest absolute Gasteiger partial charge is 0.238 e. The van der Waals surface area contributed by atoms with E-state index < -0.39 is 0 Å². The lowest BCUT2D eigenvalue weighted by molar-refractivity contribution is -0.115. The van der Waals surface area contributed by atoms with E-state index in [-0.39, 0.29) is 11.2 Å². The van der Waals surface area contributed by atoms with Crippen LogP contribution in [0.4, 0.5) is 5.69 Å². The predicted molar refractivity (Wildman–Crippen MR) is 92.0 cm³/mol. The summed E-state index contributed by atoms with van der Waals surface area (Å²) in [6.45, 7) is 0. The van der Waals surface area contributed by atoms with E-state index in [2.05, 4.69) is 22.4 Å². The molecular formula is C18H15N3OS. The molecule has 23 heavy (non-hydrogen) atoms. The van der Waals surface area contributed by atoms with Crippen LogP contribution in [0.25, 0.3) is 5.69 Å². The van der Waals surface area contributed by atoms with Crippen molar-refractivity contribution in [2.24, 2.45) is 0 Å². The second-order valence-corrected chi connectivity index (χ2v) is 6.67. The molecule has 1 atom stereocenters. The lowest BCUT2D eigenvalue weighted by atomic mass is 10.1. The van der Waals surface area contributed by atoms with Crippen molar-refractivity contribution < 1.29 is 4.79 Å². The number of carbonyl (C=O) groups is 1. The van der Waals surface area contributed by atoms with Gasteiger partial charge in [0.1, 0.15) is 0 Å². The van der Waals surface area contributed by atoms with Crippen molar-refractivity contribution in [2.75, 3.05) is 5.32 Å². The van der Waals surface area contributed by atoms with Gasteiger partial charge in [0.2, 0.25) is 5.91 Å². The average Bonchev–Trinajstić information content (AvgIpc) is 3.25. The molecule has 1 N–H and O–H groups in total. The number of hydrogen-bond donors (Lipinski definition) is 1. The summed E-state index contributed by atoms with van der Waals surface area (Å²) in [7, 11) is 0. The lowest BCUT2D eigenvalue weighted by Gasteiger charge is -2.10. The van der Waals surface area contributed by atoms with Gasteiger partial charge in [0, 0.05) is 28.7 Å². The zero-order chi connectivity index (χ0) is 15.6. The fourth-order valence-corrected chi connectivity index (χ4v) is 3.88. The molecule has 0 radical (unpaired) electrons. The first-order valence-electron chi connectivity index (χ1n) is 7.43. The van der Waals surface area contributed by atoms with Crippen molar-refractivity contribution in [3.63, 3.8) is 0 Å². The van der Waals surface area contributed by atoms with Crippen molar-refractivity contribution in [2.45, 2.75) is 16.6 Å². The molecule has 1 aromatic heterocycles. The second kappa shape index (κ2) is 5.93. The van der Waals surface area contributed by atoms with Crippen LogP contribution in [0.3, 0.4) is 0 Å². The van der Waals surface area contributed by atoms with Crippen LogP contribution in [0, 0.1) is 0 Å². The highest BCUT2D eigenvalue weighted by molar-refractivity contribution is 8.01. The molecule has 3 aromatic rings. The molecule has 1 aliphatic rings. The monoisotopic (exact) mass is 321 g/mol. The van der Waals surface area contributed by atoms with Gasteiger partial charge in [0.25, 0.3) is 0 Å². The number of hydrogen-bond acceptors (Lipinski definition) is 3. The summed E-state index contributed by atoms with van der Waals surface area (Å²) in [5, 5.41) is 2.95. The number of nitrogens with zero attached hydrogens (tertiary/aromatic N) is 2. The van der Waals surface area contributed by atoms with Gasteiger partial charge in [-0.3, -0.25) is 4.79 Å². The van der Waals surface area contributed by atoms with Gasteiger partial charge in [-0.1, -0.05) is 18.2 Å². The zero-order valence-electron chi connectivity index (χ0n) is 12.3. The van der Waals surface area contributed by atoms with E-state index in [1.165, 1.54) is 10.5 Å². The van der Waals surface area contributed by atoms with Crippen molar-refractivity contribution in [1.29, 1.82) is 0 Å². The third-order valence-electron chi connectivity index (χ3n) is 3.88.